The van der Waals surface area contributed by atoms with E-state index in [9.17, 15) is 14.4 Å². The molecule has 1 unspecified atom stereocenters. The molecular formula is C62H118O6. The van der Waals surface area contributed by atoms with Crippen molar-refractivity contribution in [2.45, 2.75) is 354 Å². The van der Waals surface area contributed by atoms with Crippen LogP contribution in [0.4, 0.5) is 0 Å². The highest BCUT2D eigenvalue weighted by atomic mass is 16.6. The quantitative estimate of drug-likeness (QED) is 0.0262. The molecule has 0 aromatic rings. The van der Waals surface area contributed by atoms with Gasteiger partial charge in [-0.15, -0.1) is 0 Å². The number of rotatable bonds is 57. The summed E-state index contributed by atoms with van der Waals surface area (Å²) in [5, 5.41) is 0. The van der Waals surface area contributed by atoms with Crippen LogP contribution in [0.3, 0.4) is 0 Å². The Bertz CT molecular complexity index is 1060. The SMILES string of the molecule is CCCCC/C=C\CCCCCCCC(=O)OCC(COC(=O)CCCCCCCCCCCCCCCCCCCCC)OC(=O)CCCCCCCCCCCCCCCCCCCCC. The third-order valence-corrected chi connectivity index (χ3v) is 14.0. The molecule has 0 N–H and O–H groups in total. The molecule has 0 aromatic carbocycles. The van der Waals surface area contributed by atoms with Crippen molar-refractivity contribution in [3.8, 4) is 0 Å². The molecule has 6 nitrogen and oxygen atoms in total. The third kappa shape index (κ3) is 55.1. The summed E-state index contributed by atoms with van der Waals surface area (Å²) in [4.78, 5) is 38.2. The van der Waals surface area contributed by atoms with E-state index in [4.69, 9.17) is 14.2 Å². The summed E-state index contributed by atoms with van der Waals surface area (Å²) < 4.78 is 16.9. The van der Waals surface area contributed by atoms with E-state index in [1.165, 1.54) is 244 Å². The van der Waals surface area contributed by atoms with Gasteiger partial charge in [0.1, 0.15) is 13.2 Å². The normalized spacial score (nSPS) is 12.0. The molecule has 0 aliphatic carbocycles. The van der Waals surface area contributed by atoms with Gasteiger partial charge in [-0.25, -0.2) is 0 Å². The van der Waals surface area contributed by atoms with Crippen LogP contribution in [0.15, 0.2) is 12.2 Å². The van der Waals surface area contributed by atoms with Gasteiger partial charge in [0, 0.05) is 19.3 Å². The van der Waals surface area contributed by atoms with E-state index < -0.39 is 6.10 Å². The number of unbranched alkanes of at least 4 members (excludes halogenated alkanes) is 44. The van der Waals surface area contributed by atoms with Crippen molar-refractivity contribution in [2.24, 2.45) is 0 Å². The molecule has 0 fully saturated rings. The first-order valence-electron chi connectivity index (χ1n) is 30.7. The molecule has 0 radical (unpaired) electrons. The Morgan fingerprint density at radius 3 is 0.765 bits per heavy atom. The first-order chi connectivity index (χ1) is 33.5. The fourth-order valence-corrected chi connectivity index (χ4v) is 9.38. The summed E-state index contributed by atoms with van der Waals surface area (Å²) in [6.45, 7) is 6.68. The Labute approximate surface area is 424 Å². The van der Waals surface area contributed by atoms with Gasteiger partial charge in [0.15, 0.2) is 6.10 Å². The van der Waals surface area contributed by atoms with Gasteiger partial charge in [0.2, 0.25) is 0 Å². The number of esters is 3. The van der Waals surface area contributed by atoms with Gasteiger partial charge >= 0.3 is 17.9 Å². The Kier molecular flexibility index (Phi) is 56.2. The molecule has 0 aliphatic heterocycles. The highest BCUT2D eigenvalue weighted by molar-refractivity contribution is 5.71. The predicted octanol–water partition coefficient (Wildman–Crippen LogP) is 20.5. The van der Waals surface area contributed by atoms with Crippen LogP contribution >= 0.6 is 0 Å². The lowest BCUT2D eigenvalue weighted by Gasteiger charge is -2.18. The lowest BCUT2D eigenvalue weighted by Crippen LogP contribution is -2.30. The van der Waals surface area contributed by atoms with Crippen molar-refractivity contribution in [2.75, 3.05) is 13.2 Å². The van der Waals surface area contributed by atoms with Crippen molar-refractivity contribution in [1.82, 2.24) is 0 Å². The van der Waals surface area contributed by atoms with Crippen LogP contribution in [0.25, 0.3) is 0 Å². The van der Waals surface area contributed by atoms with Gasteiger partial charge < -0.3 is 14.2 Å². The minimum atomic E-state index is -0.768. The topological polar surface area (TPSA) is 78.9 Å². The number of hydrogen-bond acceptors (Lipinski definition) is 6. The summed E-state index contributed by atoms with van der Waals surface area (Å²) >= 11 is 0. The Balaban J connectivity index is 4.26. The molecular weight excluding hydrogens is 841 g/mol. The second kappa shape index (κ2) is 57.7. The predicted molar refractivity (Wildman–Crippen MR) is 293 cm³/mol. The van der Waals surface area contributed by atoms with E-state index in [-0.39, 0.29) is 31.1 Å². The van der Waals surface area contributed by atoms with E-state index >= 15 is 0 Å². The van der Waals surface area contributed by atoms with E-state index in [0.29, 0.717) is 19.3 Å². The molecule has 0 heterocycles. The van der Waals surface area contributed by atoms with Gasteiger partial charge in [-0.05, 0) is 44.9 Å². The van der Waals surface area contributed by atoms with Crippen LogP contribution < -0.4 is 0 Å². The smallest absolute Gasteiger partial charge is 0.306 e. The molecule has 0 rings (SSSR count). The van der Waals surface area contributed by atoms with Crippen LogP contribution in [0.5, 0.6) is 0 Å². The maximum Gasteiger partial charge on any atom is 0.306 e. The molecule has 402 valence electrons. The minimum Gasteiger partial charge on any atom is -0.462 e. The Morgan fingerprint density at radius 2 is 0.485 bits per heavy atom. The number of hydrogen-bond donors (Lipinski definition) is 0. The van der Waals surface area contributed by atoms with E-state index in [0.717, 1.165) is 64.2 Å². The maximum atomic E-state index is 12.9. The molecule has 0 bridgehead atoms. The Hall–Kier alpha value is -1.85. The molecule has 0 aromatic heterocycles. The molecule has 6 heteroatoms. The van der Waals surface area contributed by atoms with Crippen LogP contribution in [0.2, 0.25) is 0 Å². The van der Waals surface area contributed by atoms with Gasteiger partial charge in [0.05, 0.1) is 0 Å². The highest BCUT2D eigenvalue weighted by Gasteiger charge is 2.19. The minimum absolute atomic E-state index is 0.0662. The van der Waals surface area contributed by atoms with E-state index in [1.807, 2.05) is 0 Å². The van der Waals surface area contributed by atoms with Gasteiger partial charge in [-0.3, -0.25) is 14.4 Å². The van der Waals surface area contributed by atoms with Crippen LogP contribution in [0.1, 0.15) is 348 Å². The third-order valence-electron chi connectivity index (χ3n) is 14.0. The second-order valence-electron chi connectivity index (χ2n) is 21.0. The average Bonchev–Trinajstić information content (AvgIpc) is 3.34. The average molecular weight is 960 g/mol. The van der Waals surface area contributed by atoms with Crippen LogP contribution in [-0.4, -0.2) is 37.2 Å². The number of allylic oxidation sites excluding steroid dienone is 2. The zero-order chi connectivity index (χ0) is 49.3. The fourth-order valence-electron chi connectivity index (χ4n) is 9.38. The Morgan fingerprint density at radius 1 is 0.279 bits per heavy atom. The van der Waals surface area contributed by atoms with E-state index in [2.05, 4.69) is 32.9 Å². The first-order valence-corrected chi connectivity index (χ1v) is 30.7. The van der Waals surface area contributed by atoms with Crippen LogP contribution in [0, 0.1) is 0 Å². The first kappa shape index (κ1) is 66.2. The lowest BCUT2D eigenvalue weighted by atomic mass is 10.0. The fraction of sp³-hybridized carbons (Fsp3) is 0.919. The van der Waals surface area contributed by atoms with Crippen LogP contribution in [-0.2, 0) is 28.6 Å². The molecule has 1 atom stereocenters. The number of carbonyl (C=O) groups excluding carboxylic acids is 3. The molecule has 0 saturated heterocycles. The summed E-state index contributed by atoms with van der Waals surface area (Å²) in [7, 11) is 0. The maximum absolute atomic E-state index is 12.9. The summed E-state index contributed by atoms with van der Waals surface area (Å²) in [6, 6.07) is 0. The van der Waals surface area contributed by atoms with Crippen molar-refractivity contribution in [3.05, 3.63) is 12.2 Å². The van der Waals surface area contributed by atoms with Gasteiger partial charge in [-0.1, -0.05) is 296 Å². The molecule has 0 amide bonds. The molecule has 0 spiro atoms. The molecule has 0 aliphatic rings. The summed E-state index contributed by atoms with van der Waals surface area (Å²) in [6.07, 6.45) is 66.4. The largest absolute Gasteiger partial charge is 0.462 e. The highest BCUT2D eigenvalue weighted by Crippen LogP contribution is 2.18. The van der Waals surface area contributed by atoms with Crippen molar-refractivity contribution >= 4 is 17.9 Å². The zero-order valence-corrected chi connectivity index (χ0v) is 46.2. The lowest BCUT2D eigenvalue weighted by molar-refractivity contribution is -0.167. The van der Waals surface area contributed by atoms with Gasteiger partial charge in [-0.2, -0.15) is 0 Å². The zero-order valence-electron chi connectivity index (χ0n) is 46.2. The number of ether oxygens (including phenoxy) is 3. The second-order valence-corrected chi connectivity index (χ2v) is 21.0. The van der Waals surface area contributed by atoms with Crippen molar-refractivity contribution in [1.29, 1.82) is 0 Å². The van der Waals surface area contributed by atoms with Gasteiger partial charge in [0.25, 0.3) is 0 Å². The molecule has 68 heavy (non-hydrogen) atoms. The van der Waals surface area contributed by atoms with E-state index in [1.54, 1.807) is 0 Å². The monoisotopic (exact) mass is 959 g/mol. The summed E-state index contributed by atoms with van der Waals surface area (Å²) in [5.74, 6) is -0.848. The summed E-state index contributed by atoms with van der Waals surface area (Å²) in [5.41, 5.74) is 0. The molecule has 0 saturated carbocycles. The van der Waals surface area contributed by atoms with Crippen molar-refractivity contribution < 1.29 is 28.6 Å². The number of carbonyl (C=O) groups is 3. The van der Waals surface area contributed by atoms with Crippen molar-refractivity contribution in [3.63, 3.8) is 0 Å². The standard InChI is InChI=1S/C62H118O6/c1-4-7-10-13-16-19-22-25-27-29-31-33-35-37-40-43-46-49-52-55-61(64)67-58-59(57-66-60(63)54-51-48-45-42-39-24-21-18-15-12-9-6-3)68-62(65)56-53-50-47-44-41-38-36-34-32-30-28-26-23-20-17-14-11-8-5-2/h18,21,59H,4-17,19-20,22-58H2,1-3H3/b21-18-.